The number of aromatic nitrogens is 5. The van der Waals surface area contributed by atoms with Gasteiger partial charge in [0.1, 0.15) is 0 Å². The number of hydrogen-bond donors (Lipinski definition) is 0. The van der Waals surface area contributed by atoms with E-state index in [1.807, 2.05) is 24.3 Å². The highest BCUT2D eigenvalue weighted by Gasteiger charge is 2.26. The Bertz CT molecular complexity index is 912. The van der Waals surface area contributed by atoms with E-state index in [1.165, 1.54) is 0 Å². The summed E-state index contributed by atoms with van der Waals surface area (Å²) in [7, 11) is 0. The second-order valence-electron chi connectivity index (χ2n) is 6.46. The predicted octanol–water partition coefficient (Wildman–Crippen LogP) is 1.76. The number of hydrogen-bond acceptors (Lipinski definition) is 6. The fraction of sp³-hybridized carbons (Fsp3) is 0.316. The summed E-state index contributed by atoms with van der Waals surface area (Å²) in [4.78, 5) is 18.7. The minimum Gasteiger partial charge on any atom is -0.293 e. The lowest BCUT2D eigenvalue weighted by molar-refractivity contribution is 0.214. The standard InChI is InChI=1S/C19H20N6O/c26-19-6-5-18(15-7-10-20-11-8-15)23-25(19)14-17-4-2-12-24(17)13-16-3-1-9-21-22-16/h1,3,5-11,17H,2,4,12-14H2. The number of rotatable bonds is 5. The first-order valence-corrected chi connectivity index (χ1v) is 8.79. The van der Waals surface area contributed by atoms with Crippen LogP contribution in [0.2, 0.25) is 0 Å². The summed E-state index contributed by atoms with van der Waals surface area (Å²) >= 11 is 0. The van der Waals surface area contributed by atoms with Crippen LogP contribution < -0.4 is 5.56 Å². The van der Waals surface area contributed by atoms with Crippen molar-refractivity contribution in [1.82, 2.24) is 29.9 Å². The highest BCUT2D eigenvalue weighted by Crippen LogP contribution is 2.21. The van der Waals surface area contributed by atoms with Gasteiger partial charge < -0.3 is 0 Å². The average Bonchev–Trinajstić information content (AvgIpc) is 3.12. The van der Waals surface area contributed by atoms with Crippen molar-refractivity contribution in [1.29, 1.82) is 0 Å². The Morgan fingerprint density at radius 2 is 1.96 bits per heavy atom. The Labute approximate surface area is 151 Å². The molecule has 3 aromatic heterocycles. The molecule has 0 bridgehead atoms. The van der Waals surface area contributed by atoms with Crippen LogP contribution in [0.4, 0.5) is 0 Å². The maximum atomic E-state index is 12.3. The zero-order valence-corrected chi connectivity index (χ0v) is 14.4. The summed E-state index contributed by atoms with van der Waals surface area (Å²) < 4.78 is 1.58. The maximum absolute atomic E-state index is 12.3. The van der Waals surface area contributed by atoms with Crippen molar-refractivity contribution >= 4 is 0 Å². The Kier molecular flexibility index (Phi) is 4.79. The van der Waals surface area contributed by atoms with Crippen molar-refractivity contribution in [3.05, 3.63) is 71.0 Å². The maximum Gasteiger partial charge on any atom is 0.266 e. The van der Waals surface area contributed by atoms with Crippen LogP contribution in [0.5, 0.6) is 0 Å². The summed E-state index contributed by atoms with van der Waals surface area (Å²) in [6.07, 6.45) is 7.30. The lowest BCUT2D eigenvalue weighted by Crippen LogP contribution is -2.36. The van der Waals surface area contributed by atoms with Crippen molar-refractivity contribution in [3.8, 4) is 11.3 Å². The Morgan fingerprint density at radius 3 is 2.77 bits per heavy atom. The molecule has 26 heavy (non-hydrogen) atoms. The van der Waals surface area contributed by atoms with Gasteiger partial charge in [0.05, 0.1) is 17.9 Å². The van der Waals surface area contributed by atoms with Gasteiger partial charge in [-0.05, 0) is 49.7 Å². The quantitative estimate of drug-likeness (QED) is 0.699. The van der Waals surface area contributed by atoms with Crippen molar-refractivity contribution in [2.75, 3.05) is 6.54 Å². The summed E-state index contributed by atoms with van der Waals surface area (Å²) in [5, 5.41) is 12.7. The molecule has 1 aliphatic rings. The van der Waals surface area contributed by atoms with Gasteiger partial charge in [-0.25, -0.2) is 4.68 Å². The van der Waals surface area contributed by atoms with Crippen LogP contribution in [0.25, 0.3) is 11.3 Å². The Hall–Kier alpha value is -2.93. The number of pyridine rings is 1. The van der Waals surface area contributed by atoms with E-state index in [4.69, 9.17) is 0 Å². The molecule has 0 spiro atoms. The van der Waals surface area contributed by atoms with Gasteiger partial charge >= 0.3 is 0 Å². The highest BCUT2D eigenvalue weighted by molar-refractivity contribution is 5.56. The van der Waals surface area contributed by atoms with E-state index >= 15 is 0 Å². The number of nitrogens with zero attached hydrogens (tertiary/aromatic N) is 6. The Balaban J connectivity index is 1.53. The second kappa shape index (κ2) is 7.53. The molecule has 132 valence electrons. The molecule has 1 atom stereocenters. The molecule has 1 fully saturated rings. The molecular weight excluding hydrogens is 328 g/mol. The molecule has 7 nitrogen and oxygen atoms in total. The molecule has 4 heterocycles. The van der Waals surface area contributed by atoms with E-state index in [0.717, 1.165) is 42.9 Å². The third kappa shape index (κ3) is 3.67. The lowest BCUT2D eigenvalue weighted by atomic mass is 10.2. The smallest absolute Gasteiger partial charge is 0.266 e. The largest absolute Gasteiger partial charge is 0.293 e. The highest BCUT2D eigenvalue weighted by atomic mass is 16.1. The summed E-state index contributed by atoms with van der Waals surface area (Å²) in [6.45, 7) is 2.33. The minimum atomic E-state index is -0.0749. The van der Waals surface area contributed by atoms with Crippen LogP contribution in [-0.2, 0) is 13.1 Å². The van der Waals surface area contributed by atoms with Gasteiger partial charge in [-0.3, -0.25) is 14.7 Å². The monoisotopic (exact) mass is 348 g/mol. The molecule has 4 rings (SSSR count). The van der Waals surface area contributed by atoms with Gasteiger partial charge in [0, 0.05) is 42.8 Å². The molecule has 1 unspecified atom stereocenters. The fourth-order valence-corrected chi connectivity index (χ4v) is 3.39. The molecule has 0 radical (unpaired) electrons. The molecule has 1 saturated heterocycles. The molecule has 0 N–H and O–H groups in total. The molecule has 1 aliphatic heterocycles. The zero-order valence-electron chi connectivity index (χ0n) is 14.4. The van der Waals surface area contributed by atoms with Crippen molar-refractivity contribution in [2.24, 2.45) is 0 Å². The molecule has 0 amide bonds. The average molecular weight is 348 g/mol. The first-order valence-electron chi connectivity index (χ1n) is 8.79. The van der Waals surface area contributed by atoms with Crippen molar-refractivity contribution in [2.45, 2.75) is 32.0 Å². The van der Waals surface area contributed by atoms with E-state index in [1.54, 1.807) is 35.4 Å². The Morgan fingerprint density at radius 1 is 1.08 bits per heavy atom. The van der Waals surface area contributed by atoms with Gasteiger partial charge in [-0.2, -0.15) is 15.3 Å². The third-order valence-corrected chi connectivity index (χ3v) is 4.72. The van der Waals surface area contributed by atoms with Crippen LogP contribution in [0.15, 0.2) is 59.8 Å². The van der Waals surface area contributed by atoms with Crippen LogP contribution in [-0.4, -0.2) is 42.4 Å². The third-order valence-electron chi connectivity index (χ3n) is 4.72. The van der Waals surface area contributed by atoms with E-state index in [0.29, 0.717) is 6.54 Å². The van der Waals surface area contributed by atoms with Gasteiger partial charge in [0.25, 0.3) is 5.56 Å². The molecule has 0 aliphatic carbocycles. The fourth-order valence-electron chi connectivity index (χ4n) is 3.39. The summed E-state index contributed by atoms with van der Waals surface area (Å²) in [5.41, 5.74) is 2.61. The van der Waals surface area contributed by atoms with E-state index in [9.17, 15) is 4.79 Å². The topological polar surface area (TPSA) is 76.8 Å². The molecule has 7 heteroatoms. The molecule has 0 aromatic carbocycles. The zero-order chi connectivity index (χ0) is 17.8. The van der Waals surface area contributed by atoms with Gasteiger partial charge in [0.15, 0.2) is 0 Å². The molecular formula is C19H20N6O. The lowest BCUT2D eigenvalue weighted by Gasteiger charge is -2.24. The van der Waals surface area contributed by atoms with E-state index < -0.39 is 0 Å². The van der Waals surface area contributed by atoms with Crippen molar-refractivity contribution < 1.29 is 0 Å². The summed E-state index contributed by atoms with van der Waals surface area (Å²) in [6, 6.07) is 11.3. The SMILES string of the molecule is O=c1ccc(-c2ccncc2)nn1CC1CCCN1Cc1cccnn1. The van der Waals surface area contributed by atoms with Crippen LogP contribution >= 0.6 is 0 Å². The second-order valence-corrected chi connectivity index (χ2v) is 6.46. The van der Waals surface area contributed by atoms with E-state index in [-0.39, 0.29) is 11.6 Å². The van der Waals surface area contributed by atoms with E-state index in [2.05, 4.69) is 25.2 Å². The molecule has 0 saturated carbocycles. The first-order chi connectivity index (χ1) is 12.8. The predicted molar refractivity (Wildman–Crippen MR) is 97.2 cm³/mol. The van der Waals surface area contributed by atoms with Gasteiger partial charge in [-0.1, -0.05) is 0 Å². The van der Waals surface area contributed by atoms with Crippen LogP contribution in [0.3, 0.4) is 0 Å². The van der Waals surface area contributed by atoms with Crippen LogP contribution in [0.1, 0.15) is 18.5 Å². The van der Waals surface area contributed by atoms with Crippen LogP contribution in [0, 0.1) is 0 Å². The number of likely N-dealkylation sites (tertiary alicyclic amines) is 1. The van der Waals surface area contributed by atoms with Gasteiger partial charge in [-0.15, -0.1) is 0 Å². The van der Waals surface area contributed by atoms with Crippen molar-refractivity contribution in [3.63, 3.8) is 0 Å². The normalized spacial score (nSPS) is 17.5. The molecule has 3 aromatic rings. The first kappa shape index (κ1) is 16.5. The van der Waals surface area contributed by atoms with Gasteiger partial charge in [0.2, 0.25) is 0 Å². The minimum absolute atomic E-state index is 0.0749. The summed E-state index contributed by atoms with van der Waals surface area (Å²) in [5.74, 6) is 0.